The van der Waals surface area contributed by atoms with Crippen LogP contribution >= 0.6 is 55.4 Å². The van der Waals surface area contributed by atoms with Gasteiger partial charge in [-0.15, -0.1) is 0 Å². The van der Waals surface area contributed by atoms with Crippen LogP contribution in [-0.4, -0.2) is 18.1 Å². The van der Waals surface area contributed by atoms with Crippen LogP contribution in [0, 0.1) is 5.41 Å². The van der Waals surface area contributed by atoms with Gasteiger partial charge < -0.3 is 9.79 Å². The van der Waals surface area contributed by atoms with Gasteiger partial charge in [0.2, 0.25) is 0 Å². The van der Waals surface area contributed by atoms with Gasteiger partial charge in [0.05, 0.1) is 0 Å². The van der Waals surface area contributed by atoms with Crippen molar-refractivity contribution >= 4 is 55.4 Å². The summed E-state index contributed by atoms with van der Waals surface area (Å²) in [5.74, 6) is 0. The van der Waals surface area contributed by atoms with Crippen molar-refractivity contribution in [2.45, 2.75) is 16.8 Å². The van der Waals surface area contributed by atoms with E-state index in [1.165, 1.54) is 0 Å². The lowest BCUT2D eigenvalue weighted by atomic mass is 10.0. The van der Waals surface area contributed by atoms with Gasteiger partial charge >= 0.3 is 7.60 Å². The lowest BCUT2D eigenvalue weighted by Gasteiger charge is -2.36. The molecule has 3 nitrogen and oxygen atoms in total. The number of hydrogen-bond acceptors (Lipinski definition) is 1. The monoisotopic (exact) mass is 386 g/mol. The zero-order chi connectivity index (χ0) is 10.2. The van der Waals surface area contributed by atoms with Gasteiger partial charge in [-0.05, 0) is 0 Å². The smallest absolute Gasteiger partial charge is 0.323 e. The first kappa shape index (κ1) is 13.6. The van der Waals surface area contributed by atoms with E-state index in [-0.39, 0.29) is 0 Å². The molecule has 0 heterocycles. The third-order valence-corrected chi connectivity index (χ3v) is 9.17. The maximum Gasteiger partial charge on any atom is 0.353 e. The van der Waals surface area contributed by atoms with E-state index in [1.807, 2.05) is 0 Å². The van der Waals surface area contributed by atoms with E-state index < -0.39 is 16.0 Å². The fourth-order valence-electron chi connectivity index (χ4n) is 0.475. The largest absolute Gasteiger partial charge is 0.353 e. The van der Waals surface area contributed by atoms with Crippen LogP contribution in [-0.2, 0) is 4.57 Å². The van der Waals surface area contributed by atoms with Crippen LogP contribution in [0.4, 0.5) is 0 Å². The highest BCUT2D eigenvalue weighted by molar-refractivity contribution is 9.27. The molecule has 74 valence electrons. The zero-order valence-electron chi connectivity index (χ0n) is 6.59. The van der Waals surface area contributed by atoms with Crippen LogP contribution in [0.5, 0.6) is 0 Å². The molecule has 7 heteroatoms. The van der Waals surface area contributed by atoms with Crippen LogP contribution in [0.3, 0.4) is 0 Å². The molecule has 0 fully saturated rings. The third kappa shape index (κ3) is 2.55. The van der Waals surface area contributed by atoms with Crippen molar-refractivity contribution < 1.29 is 14.4 Å². The van der Waals surface area contributed by atoms with Gasteiger partial charge in [0, 0.05) is 10.7 Å². The molecule has 0 radical (unpaired) electrons. The molecular formula is C5H10Br3O3P. The Morgan fingerprint density at radius 2 is 1.67 bits per heavy atom. The first-order chi connectivity index (χ1) is 5.06. The molecule has 0 spiro atoms. The Kier molecular flexibility index (Phi) is 4.52. The molecule has 0 aromatic heterocycles. The van der Waals surface area contributed by atoms with Gasteiger partial charge in [-0.25, -0.2) is 0 Å². The van der Waals surface area contributed by atoms with Crippen molar-refractivity contribution in [1.29, 1.82) is 0 Å². The van der Waals surface area contributed by atoms with Gasteiger partial charge in [0.1, 0.15) is 0 Å². The summed E-state index contributed by atoms with van der Waals surface area (Å²) in [5.41, 5.74) is -0.591. The number of rotatable bonds is 3. The Bertz CT molecular complexity index is 210. The lowest BCUT2D eigenvalue weighted by Crippen LogP contribution is -2.34. The van der Waals surface area contributed by atoms with E-state index in [2.05, 4.69) is 47.8 Å². The van der Waals surface area contributed by atoms with Gasteiger partial charge in [0.15, 0.2) is 2.97 Å². The Hall–Kier alpha value is 1.59. The SMILES string of the molecule is CC(C)(CBr)C(Br)(Br)P(=O)(O)O. The summed E-state index contributed by atoms with van der Waals surface area (Å²) in [6.07, 6.45) is 0. The first-order valence-corrected chi connectivity index (χ1v) is 7.37. The van der Waals surface area contributed by atoms with Gasteiger partial charge in [0.25, 0.3) is 0 Å². The second-order valence-electron chi connectivity index (χ2n) is 3.10. The molecule has 0 saturated heterocycles. The van der Waals surface area contributed by atoms with E-state index in [0.717, 1.165) is 0 Å². The molecule has 0 unspecified atom stereocenters. The predicted octanol–water partition coefficient (Wildman–Crippen LogP) is 3.03. The molecule has 0 atom stereocenters. The fourth-order valence-corrected chi connectivity index (χ4v) is 3.01. The quantitative estimate of drug-likeness (QED) is 0.577. The summed E-state index contributed by atoms with van der Waals surface area (Å²) in [4.78, 5) is 18.0. The van der Waals surface area contributed by atoms with Gasteiger partial charge in [-0.2, -0.15) is 0 Å². The lowest BCUT2D eigenvalue weighted by molar-refractivity contribution is 0.329. The highest BCUT2D eigenvalue weighted by atomic mass is 79.9. The average molecular weight is 389 g/mol. The summed E-state index contributed by atoms with van der Waals surface area (Å²) >= 11 is 9.21. The molecule has 0 aromatic rings. The molecule has 0 aliphatic heterocycles. The van der Waals surface area contributed by atoms with Crippen molar-refractivity contribution in [3.05, 3.63) is 0 Å². The van der Waals surface area contributed by atoms with Crippen molar-refractivity contribution in [2.24, 2.45) is 5.41 Å². The molecule has 0 saturated carbocycles. The topological polar surface area (TPSA) is 57.5 Å². The molecule has 0 aromatic carbocycles. The van der Waals surface area contributed by atoms with E-state index in [9.17, 15) is 4.57 Å². The Morgan fingerprint density at radius 1 is 1.33 bits per heavy atom. The minimum absolute atomic E-state index is 0.474. The summed E-state index contributed by atoms with van der Waals surface area (Å²) in [6.45, 7) is 3.48. The minimum atomic E-state index is -4.20. The highest BCUT2D eigenvalue weighted by Crippen LogP contribution is 2.67. The summed E-state index contributed by atoms with van der Waals surface area (Å²) in [5, 5.41) is 0.474. The second-order valence-corrected chi connectivity index (χ2v) is 10.1. The van der Waals surface area contributed by atoms with Crippen molar-refractivity contribution in [2.75, 3.05) is 5.33 Å². The minimum Gasteiger partial charge on any atom is -0.323 e. The first-order valence-electron chi connectivity index (χ1n) is 3.05. The maximum absolute atomic E-state index is 11.0. The number of hydrogen-bond donors (Lipinski definition) is 2. The van der Waals surface area contributed by atoms with E-state index in [0.29, 0.717) is 5.33 Å². The van der Waals surface area contributed by atoms with Crippen LogP contribution in [0.15, 0.2) is 0 Å². The number of alkyl halides is 3. The zero-order valence-corrected chi connectivity index (χ0v) is 12.2. The Balaban J connectivity index is 4.98. The van der Waals surface area contributed by atoms with Crippen molar-refractivity contribution in [3.63, 3.8) is 0 Å². The molecule has 0 rings (SSSR count). The van der Waals surface area contributed by atoms with Crippen LogP contribution in [0.1, 0.15) is 13.8 Å². The molecule has 0 aliphatic rings. The Morgan fingerprint density at radius 3 is 1.75 bits per heavy atom. The van der Waals surface area contributed by atoms with Crippen molar-refractivity contribution in [1.82, 2.24) is 0 Å². The predicted molar refractivity (Wildman–Crippen MR) is 60.2 cm³/mol. The summed E-state index contributed by atoms with van der Waals surface area (Å²) in [6, 6.07) is 0. The summed E-state index contributed by atoms with van der Waals surface area (Å²) < 4.78 is 9.67. The maximum atomic E-state index is 11.0. The third-order valence-electron chi connectivity index (χ3n) is 1.51. The molecule has 2 N–H and O–H groups in total. The van der Waals surface area contributed by atoms with E-state index in [4.69, 9.17) is 9.79 Å². The standard InChI is InChI=1S/C5H10Br3O3P/c1-4(2,3-6)5(7,8)12(9,10)11/h3H2,1-2H3,(H2,9,10,11). The Labute approximate surface area is 96.9 Å². The van der Waals surface area contributed by atoms with Crippen LogP contribution in [0.25, 0.3) is 0 Å². The van der Waals surface area contributed by atoms with Gasteiger partial charge in [-0.1, -0.05) is 61.6 Å². The molecule has 0 bridgehead atoms. The van der Waals surface area contributed by atoms with E-state index in [1.54, 1.807) is 13.8 Å². The molecule has 0 aliphatic carbocycles. The molecule has 0 amide bonds. The van der Waals surface area contributed by atoms with Gasteiger partial charge in [-0.3, -0.25) is 4.57 Å². The fraction of sp³-hybridized carbons (Fsp3) is 1.00. The molecular weight excluding hydrogens is 379 g/mol. The van der Waals surface area contributed by atoms with Crippen LogP contribution < -0.4 is 0 Å². The van der Waals surface area contributed by atoms with Crippen LogP contribution in [0.2, 0.25) is 0 Å². The van der Waals surface area contributed by atoms with E-state index >= 15 is 0 Å². The summed E-state index contributed by atoms with van der Waals surface area (Å²) in [7, 11) is -4.20. The normalized spacial score (nSPS) is 14.9. The number of halogens is 3. The van der Waals surface area contributed by atoms with Crippen molar-refractivity contribution in [3.8, 4) is 0 Å². The molecule has 12 heavy (non-hydrogen) atoms. The second kappa shape index (κ2) is 3.99. The average Bonchev–Trinajstić information content (AvgIpc) is 1.85. The highest BCUT2D eigenvalue weighted by Gasteiger charge is 2.53.